The van der Waals surface area contributed by atoms with Gasteiger partial charge in [0.15, 0.2) is 0 Å². The number of hydrogen-bond donors (Lipinski definition) is 0. The number of nitrogens with zero attached hydrogens (tertiary/aromatic N) is 1. The Bertz CT molecular complexity index is 2300. The van der Waals surface area contributed by atoms with Crippen LogP contribution >= 0.6 is 0 Å². The maximum atomic E-state index is 2.54. The fourth-order valence-electron chi connectivity index (χ4n) is 9.73. The van der Waals surface area contributed by atoms with Crippen molar-refractivity contribution < 1.29 is 0 Å². The second-order valence-electron chi connectivity index (χ2n) is 14.0. The lowest BCUT2D eigenvalue weighted by molar-refractivity contribution is 0.465. The van der Waals surface area contributed by atoms with E-state index in [4.69, 9.17) is 0 Å². The minimum atomic E-state index is -0.264. The van der Waals surface area contributed by atoms with Crippen LogP contribution in [0.5, 0.6) is 0 Å². The zero-order valence-corrected chi connectivity index (χ0v) is 26.7. The van der Waals surface area contributed by atoms with Crippen molar-refractivity contribution in [2.24, 2.45) is 5.92 Å². The van der Waals surface area contributed by atoms with Crippen LogP contribution in [-0.4, -0.2) is 0 Å². The van der Waals surface area contributed by atoms with E-state index in [1.54, 1.807) is 0 Å². The van der Waals surface area contributed by atoms with Crippen LogP contribution in [0.3, 0.4) is 0 Å². The lowest BCUT2D eigenvalue weighted by Gasteiger charge is -2.36. The highest BCUT2D eigenvalue weighted by Crippen LogP contribution is 2.67. The highest BCUT2D eigenvalue weighted by molar-refractivity contribution is 6.01. The van der Waals surface area contributed by atoms with Crippen LogP contribution in [0.25, 0.3) is 22.3 Å². The van der Waals surface area contributed by atoms with E-state index in [-0.39, 0.29) is 10.8 Å². The molecule has 0 amide bonds. The molecule has 1 spiro atoms. The van der Waals surface area contributed by atoms with E-state index in [0.29, 0.717) is 11.8 Å². The summed E-state index contributed by atoms with van der Waals surface area (Å²) in [5, 5.41) is 0. The van der Waals surface area contributed by atoms with E-state index < -0.39 is 0 Å². The lowest BCUT2D eigenvalue weighted by Crippen LogP contribution is -2.33. The average molecular weight is 602 g/mol. The van der Waals surface area contributed by atoms with Crippen LogP contribution in [0.15, 0.2) is 164 Å². The Kier molecular flexibility index (Phi) is 5.45. The molecular weight excluding hydrogens is 567 g/mol. The molecule has 47 heavy (non-hydrogen) atoms. The van der Waals surface area contributed by atoms with Gasteiger partial charge in [-0.05, 0) is 68.8 Å². The van der Waals surface area contributed by atoms with Gasteiger partial charge in [0.05, 0.1) is 16.8 Å². The quantitative estimate of drug-likeness (QED) is 0.195. The Morgan fingerprint density at radius 2 is 1.02 bits per heavy atom. The van der Waals surface area contributed by atoms with Gasteiger partial charge in [-0.25, -0.2) is 0 Å². The molecule has 0 fully saturated rings. The molecule has 224 valence electrons. The Morgan fingerprint density at radius 3 is 1.79 bits per heavy atom. The van der Waals surface area contributed by atoms with Gasteiger partial charge in [0.1, 0.15) is 0 Å². The fourth-order valence-corrected chi connectivity index (χ4v) is 9.73. The monoisotopic (exact) mass is 601 g/mol. The molecule has 0 aliphatic heterocycles. The molecule has 0 saturated heterocycles. The first-order chi connectivity index (χ1) is 23.1. The summed E-state index contributed by atoms with van der Waals surface area (Å²) in [5.41, 5.74) is 17.1. The third kappa shape index (κ3) is 3.34. The van der Waals surface area contributed by atoms with Gasteiger partial charge in [0, 0.05) is 34.1 Å². The molecule has 10 rings (SSSR count). The minimum absolute atomic E-state index is 0.0804. The highest BCUT2D eigenvalue weighted by atomic mass is 15.1. The molecule has 6 aromatic rings. The maximum absolute atomic E-state index is 2.54. The average Bonchev–Trinajstić information content (AvgIpc) is 3.69. The van der Waals surface area contributed by atoms with Gasteiger partial charge in [0.2, 0.25) is 0 Å². The lowest BCUT2D eigenvalue weighted by atomic mass is 9.65. The maximum Gasteiger partial charge on any atom is 0.0543 e. The predicted molar refractivity (Wildman–Crippen MR) is 195 cm³/mol. The molecule has 0 saturated carbocycles. The highest BCUT2D eigenvalue weighted by Gasteiger charge is 2.57. The van der Waals surface area contributed by atoms with Gasteiger partial charge >= 0.3 is 0 Å². The minimum Gasteiger partial charge on any atom is -0.309 e. The summed E-state index contributed by atoms with van der Waals surface area (Å²) in [6.07, 6.45) is 9.40. The molecule has 0 radical (unpaired) electrons. The van der Waals surface area contributed by atoms with Crippen molar-refractivity contribution in [1.29, 1.82) is 0 Å². The predicted octanol–water partition coefficient (Wildman–Crippen LogP) is 11.6. The first-order valence-electron chi connectivity index (χ1n) is 16.9. The zero-order valence-electron chi connectivity index (χ0n) is 26.7. The number of allylic oxidation sites excluding steroid dienone is 4. The summed E-state index contributed by atoms with van der Waals surface area (Å²) >= 11 is 0. The third-order valence-electron chi connectivity index (χ3n) is 11.5. The molecule has 0 aromatic heterocycles. The second kappa shape index (κ2) is 9.56. The Labute approximate surface area is 277 Å². The van der Waals surface area contributed by atoms with E-state index in [9.17, 15) is 0 Å². The van der Waals surface area contributed by atoms with E-state index in [1.807, 2.05) is 0 Å². The molecule has 1 heteroatoms. The summed E-state index contributed by atoms with van der Waals surface area (Å²) < 4.78 is 0. The number of para-hydroxylation sites is 1. The van der Waals surface area contributed by atoms with Crippen molar-refractivity contribution in [3.05, 3.63) is 197 Å². The molecular formula is C46H35N. The number of fused-ring (bicyclic) bond motifs is 13. The van der Waals surface area contributed by atoms with Crippen LogP contribution < -0.4 is 4.90 Å². The Morgan fingerprint density at radius 1 is 0.468 bits per heavy atom. The summed E-state index contributed by atoms with van der Waals surface area (Å²) in [6, 6.07) is 52.4. The molecule has 0 heterocycles. The van der Waals surface area contributed by atoms with Gasteiger partial charge in [-0.15, -0.1) is 0 Å². The van der Waals surface area contributed by atoms with E-state index in [1.165, 1.54) is 72.7 Å². The molecule has 4 aliphatic carbocycles. The summed E-state index contributed by atoms with van der Waals surface area (Å²) in [7, 11) is 0. The van der Waals surface area contributed by atoms with Crippen molar-refractivity contribution in [2.45, 2.75) is 30.6 Å². The number of benzene rings is 6. The van der Waals surface area contributed by atoms with Crippen LogP contribution in [-0.2, 0) is 10.8 Å². The molecule has 0 N–H and O–H groups in total. The van der Waals surface area contributed by atoms with Gasteiger partial charge in [-0.2, -0.15) is 0 Å². The fraction of sp³-hybridized carbons (Fsp3) is 0.130. The van der Waals surface area contributed by atoms with Crippen molar-refractivity contribution in [3.8, 4) is 22.3 Å². The zero-order chi connectivity index (χ0) is 31.3. The SMILES string of the molecule is CC1(C)c2ccccc2-c2c(N(c3ccccc3)c3cccc4c3-c3ccccc3C43c4ccccc4C4C=CC=CC43)cccc21. The van der Waals surface area contributed by atoms with E-state index in [0.717, 1.165) is 0 Å². The van der Waals surface area contributed by atoms with Crippen LogP contribution in [0.2, 0.25) is 0 Å². The van der Waals surface area contributed by atoms with Crippen LogP contribution in [0, 0.1) is 5.92 Å². The van der Waals surface area contributed by atoms with Gasteiger partial charge in [-0.1, -0.05) is 153 Å². The molecule has 1 nitrogen and oxygen atoms in total. The number of rotatable bonds is 3. The first kappa shape index (κ1) is 26.8. The first-order valence-corrected chi connectivity index (χ1v) is 16.9. The molecule has 0 bridgehead atoms. The summed E-state index contributed by atoms with van der Waals surface area (Å²) in [6.45, 7) is 4.74. The Balaban J connectivity index is 1.30. The molecule has 3 atom stereocenters. The van der Waals surface area contributed by atoms with Crippen molar-refractivity contribution >= 4 is 17.1 Å². The smallest absolute Gasteiger partial charge is 0.0543 e. The van der Waals surface area contributed by atoms with E-state index >= 15 is 0 Å². The Hall–Kier alpha value is -5.40. The second-order valence-corrected chi connectivity index (χ2v) is 14.0. The topological polar surface area (TPSA) is 3.24 Å². The van der Waals surface area contributed by atoms with Crippen LogP contribution in [0.1, 0.15) is 53.1 Å². The van der Waals surface area contributed by atoms with E-state index in [2.05, 4.69) is 183 Å². The van der Waals surface area contributed by atoms with Gasteiger partial charge in [-0.3, -0.25) is 0 Å². The largest absolute Gasteiger partial charge is 0.309 e. The number of hydrogen-bond acceptors (Lipinski definition) is 1. The van der Waals surface area contributed by atoms with Gasteiger partial charge < -0.3 is 4.90 Å². The number of anilines is 3. The molecule has 3 unspecified atom stereocenters. The molecule has 6 aromatic carbocycles. The molecule has 4 aliphatic rings. The summed E-state index contributed by atoms with van der Waals surface area (Å²) in [4.78, 5) is 2.54. The van der Waals surface area contributed by atoms with Gasteiger partial charge in [0.25, 0.3) is 0 Å². The third-order valence-corrected chi connectivity index (χ3v) is 11.5. The normalized spacial score (nSPS) is 21.5. The van der Waals surface area contributed by atoms with Crippen LogP contribution in [0.4, 0.5) is 17.1 Å². The van der Waals surface area contributed by atoms with Crippen molar-refractivity contribution in [1.82, 2.24) is 0 Å². The summed E-state index contributed by atoms with van der Waals surface area (Å²) in [5.74, 6) is 0.654. The standard InChI is InChI=1S/C46H35N/c1-45(2)35-22-10-8-20-33(35)43-39(45)26-14-28-41(43)47(30-16-4-3-5-17-30)42-29-15-27-40-44(42)34-21-9-13-25-38(34)46(40)36-23-11-6-18-31(36)32-19-7-12-24-37(32)46/h3-29,31,36H,1-2H3. The van der Waals surface area contributed by atoms with Crippen molar-refractivity contribution in [3.63, 3.8) is 0 Å². The van der Waals surface area contributed by atoms with Crippen molar-refractivity contribution in [2.75, 3.05) is 4.90 Å².